The van der Waals surface area contributed by atoms with E-state index in [1.165, 1.54) is 18.4 Å². The molecule has 0 fully saturated rings. The zero-order valence-corrected chi connectivity index (χ0v) is 21.1. The van der Waals surface area contributed by atoms with Crippen molar-refractivity contribution >= 4 is 45.9 Å². The molecule has 1 aliphatic rings. The molecule has 1 aliphatic heterocycles. The number of carbonyl (C=O) groups excluding carboxylic acids is 1. The van der Waals surface area contributed by atoms with Crippen LogP contribution >= 0.6 is 34.3 Å². The van der Waals surface area contributed by atoms with Gasteiger partial charge in [0.1, 0.15) is 22.6 Å². The summed E-state index contributed by atoms with van der Waals surface area (Å²) in [6.07, 6.45) is -11.7. The summed E-state index contributed by atoms with van der Waals surface area (Å²) in [4.78, 5) is 21.5. The summed E-state index contributed by atoms with van der Waals surface area (Å²) < 4.78 is 97.3. The highest BCUT2D eigenvalue weighted by Crippen LogP contribution is 2.51. The molecule has 0 spiro atoms. The molecule has 1 N–H and O–H groups in total. The summed E-state index contributed by atoms with van der Waals surface area (Å²) >= 11 is 7.43. The predicted molar refractivity (Wildman–Crippen MR) is 123 cm³/mol. The van der Waals surface area contributed by atoms with E-state index in [2.05, 4.69) is 20.3 Å². The Morgan fingerprint density at radius 1 is 1.26 bits per heavy atom. The lowest BCUT2D eigenvalue weighted by Crippen LogP contribution is -2.43. The Labute approximate surface area is 222 Å². The van der Waals surface area contributed by atoms with Gasteiger partial charge in [0, 0.05) is 10.9 Å². The second kappa shape index (κ2) is 9.83. The number of thiophene rings is 1. The van der Waals surface area contributed by atoms with Gasteiger partial charge in [-0.15, -0.1) is 22.7 Å². The predicted octanol–water partition coefficient (Wildman–Crippen LogP) is 6.71. The monoisotopic (exact) mass is 596 g/mol. The van der Waals surface area contributed by atoms with Gasteiger partial charge in [-0.1, -0.05) is 16.8 Å². The van der Waals surface area contributed by atoms with Gasteiger partial charge < -0.3 is 10.2 Å². The number of benzene rings is 1. The number of halogens is 8. The van der Waals surface area contributed by atoms with Crippen molar-refractivity contribution < 1.29 is 40.4 Å². The number of amides is 1. The molecule has 16 heteroatoms. The molecule has 38 heavy (non-hydrogen) atoms. The normalized spacial score (nSPS) is 17.6. The molecule has 0 bridgehead atoms. The Kier molecular flexibility index (Phi) is 7.19. The lowest BCUT2D eigenvalue weighted by molar-refractivity contribution is -0.276. The Bertz CT molecular complexity index is 1490. The minimum Gasteiger partial charge on any atom is -0.374 e. The van der Waals surface area contributed by atoms with Crippen LogP contribution in [0.2, 0.25) is 5.02 Å². The maximum atomic E-state index is 14.7. The summed E-state index contributed by atoms with van der Waals surface area (Å²) in [6.45, 7) is 1.51. The molecule has 1 aromatic carbocycles. The summed E-state index contributed by atoms with van der Waals surface area (Å²) in [5.74, 6) is -2.30. The third kappa shape index (κ3) is 5.07. The summed E-state index contributed by atoms with van der Waals surface area (Å²) in [6, 6.07) is 3.40. The summed E-state index contributed by atoms with van der Waals surface area (Å²) in [5, 5.41) is 15.6. The van der Waals surface area contributed by atoms with E-state index in [9.17, 15) is 35.5 Å². The number of hydrogen-bond donors (Lipinski definition) is 1. The average molecular weight is 597 g/mol. The van der Waals surface area contributed by atoms with Crippen LogP contribution in [0.3, 0.4) is 0 Å². The highest BCUT2D eigenvalue weighted by molar-refractivity contribution is 7.16. The first-order valence-corrected chi connectivity index (χ1v) is 12.4. The molecule has 4 rings (SSSR count). The van der Waals surface area contributed by atoms with E-state index < -0.39 is 52.2 Å². The number of hydrogen-bond acceptors (Lipinski definition) is 7. The van der Waals surface area contributed by atoms with Gasteiger partial charge in [-0.05, 0) is 30.7 Å². The fourth-order valence-electron chi connectivity index (χ4n) is 3.59. The largest absolute Gasteiger partial charge is 0.435 e. The van der Waals surface area contributed by atoms with Crippen LogP contribution < -0.4 is 5.32 Å². The second-order valence-electron chi connectivity index (χ2n) is 7.99. The van der Waals surface area contributed by atoms with Gasteiger partial charge >= 0.3 is 12.4 Å². The maximum absolute atomic E-state index is 14.7. The zero-order chi connectivity index (χ0) is 28.0. The fraction of sp³-hybridized carbons (Fsp3) is 0.273. The van der Waals surface area contributed by atoms with Crippen molar-refractivity contribution in [2.24, 2.45) is 5.16 Å². The van der Waals surface area contributed by atoms with Crippen LogP contribution in [0.4, 0.5) is 30.7 Å². The molecular formula is C22H12ClF7N4O2S2. The molecule has 1 unspecified atom stereocenters. The summed E-state index contributed by atoms with van der Waals surface area (Å²) in [5.41, 5.74) is -6.43. The molecule has 1 amide bonds. The first kappa shape index (κ1) is 27.8. The Morgan fingerprint density at radius 3 is 2.58 bits per heavy atom. The van der Waals surface area contributed by atoms with Gasteiger partial charge in [-0.2, -0.15) is 31.6 Å². The van der Waals surface area contributed by atoms with Gasteiger partial charge in [0.2, 0.25) is 0 Å². The first-order chi connectivity index (χ1) is 17.7. The highest BCUT2D eigenvalue weighted by atomic mass is 35.5. The lowest BCUT2D eigenvalue weighted by Gasteiger charge is -2.30. The van der Waals surface area contributed by atoms with Crippen LogP contribution in [0.1, 0.15) is 48.4 Å². The number of rotatable bonds is 5. The van der Waals surface area contributed by atoms with Crippen LogP contribution in [0.25, 0.3) is 0 Å². The quantitative estimate of drug-likeness (QED) is 0.332. The van der Waals surface area contributed by atoms with E-state index >= 15 is 0 Å². The number of aryl methyl sites for hydroxylation is 1. The molecular weight excluding hydrogens is 585 g/mol. The van der Waals surface area contributed by atoms with Crippen molar-refractivity contribution in [3.8, 4) is 6.07 Å². The van der Waals surface area contributed by atoms with E-state index in [0.717, 1.165) is 22.7 Å². The molecule has 3 heterocycles. The van der Waals surface area contributed by atoms with E-state index in [-0.39, 0.29) is 39.8 Å². The number of carbonyl (C=O) groups is 1. The van der Waals surface area contributed by atoms with Crippen LogP contribution in [0, 0.1) is 24.1 Å². The topological polar surface area (TPSA) is 87.4 Å². The van der Waals surface area contributed by atoms with Crippen LogP contribution in [0.15, 0.2) is 28.7 Å². The van der Waals surface area contributed by atoms with Crippen molar-refractivity contribution in [1.82, 2.24) is 10.3 Å². The van der Waals surface area contributed by atoms with Crippen LogP contribution in [-0.4, -0.2) is 22.8 Å². The van der Waals surface area contributed by atoms with Crippen molar-refractivity contribution in [1.29, 1.82) is 5.26 Å². The van der Waals surface area contributed by atoms with Crippen molar-refractivity contribution in [3.63, 3.8) is 0 Å². The highest BCUT2D eigenvalue weighted by Gasteiger charge is 2.64. The fourth-order valence-corrected chi connectivity index (χ4v) is 5.54. The standard InChI is InChI=1S/C22H12ClF7N4O2S2/c1-9-2-15(38-18(9)19(35)32-7-16-33-11(6-31)8-37-16)14-5-20(36-34-14,22(28,29)30)12-3-10(21(25,26)27)4-13(23)17(12)24/h2-4,8H,5,7H2,1H3,(H,32,35). The lowest BCUT2D eigenvalue weighted by atomic mass is 9.86. The molecule has 200 valence electrons. The number of thiazole rings is 1. The summed E-state index contributed by atoms with van der Waals surface area (Å²) in [7, 11) is 0. The van der Waals surface area contributed by atoms with Crippen LogP contribution in [-0.2, 0) is 23.2 Å². The Hall–Kier alpha value is -3.22. The Morgan fingerprint density at radius 2 is 1.97 bits per heavy atom. The molecule has 0 saturated carbocycles. The number of oxime groups is 1. The molecule has 0 aliphatic carbocycles. The van der Waals surface area contributed by atoms with Crippen molar-refractivity contribution in [2.75, 3.05) is 0 Å². The van der Waals surface area contributed by atoms with Gasteiger partial charge in [-0.25, -0.2) is 9.37 Å². The van der Waals surface area contributed by atoms with E-state index in [1.807, 2.05) is 6.07 Å². The van der Waals surface area contributed by atoms with Crippen molar-refractivity contribution in [2.45, 2.75) is 37.8 Å². The SMILES string of the molecule is Cc1cc(C2=NOC(c3cc(C(F)(F)F)cc(Cl)c3F)(C(F)(F)F)C2)sc1C(=O)NCc1nc(C#N)cs1. The van der Waals surface area contributed by atoms with Gasteiger partial charge in [-0.3, -0.25) is 4.79 Å². The van der Waals surface area contributed by atoms with Crippen molar-refractivity contribution in [3.05, 3.63) is 71.6 Å². The molecule has 3 aromatic rings. The minimum absolute atomic E-state index is 0.00203. The maximum Gasteiger partial charge on any atom is 0.435 e. The number of nitriles is 1. The molecule has 0 radical (unpaired) electrons. The first-order valence-electron chi connectivity index (χ1n) is 10.3. The van der Waals surface area contributed by atoms with Gasteiger partial charge in [0.05, 0.1) is 33.3 Å². The number of nitrogens with zero attached hydrogens (tertiary/aromatic N) is 3. The number of alkyl halides is 6. The average Bonchev–Trinajstić information content (AvgIpc) is 3.56. The minimum atomic E-state index is -5.39. The molecule has 1 atom stereocenters. The number of nitrogens with one attached hydrogen (secondary N) is 1. The third-order valence-electron chi connectivity index (χ3n) is 5.45. The smallest absolute Gasteiger partial charge is 0.374 e. The molecule has 0 saturated heterocycles. The molecule has 6 nitrogen and oxygen atoms in total. The zero-order valence-electron chi connectivity index (χ0n) is 18.7. The number of aromatic nitrogens is 1. The van der Waals surface area contributed by atoms with E-state index in [4.69, 9.17) is 16.9 Å². The van der Waals surface area contributed by atoms with Gasteiger partial charge in [0.25, 0.3) is 11.5 Å². The second-order valence-corrected chi connectivity index (χ2v) is 10.4. The molecule has 2 aromatic heterocycles. The van der Waals surface area contributed by atoms with Gasteiger partial charge in [0.15, 0.2) is 5.69 Å². The third-order valence-corrected chi connectivity index (χ3v) is 7.86. The van der Waals surface area contributed by atoms with E-state index in [1.54, 1.807) is 0 Å². The Balaban J connectivity index is 1.63. The van der Waals surface area contributed by atoms with Crippen LogP contribution in [0.5, 0.6) is 0 Å². The van der Waals surface area contributed by atoms with E-state index in [0.29, 0.717) is 10.6 Å².